The molecule has 0 spiro atoms. The summed E-state index contributed by atoms with van der Waals surface area (Å²) in [7, 11) is -0.969. The van der Waals surface area contributed by atoms with E-state index in [9.17, 15) is 4.79 Å². The number of carbonyl (C=O) groups is 1. The zero-order valence-corrected chi connectivity index (χ0v) is 13.3. The predicted molar refractivity (Wildman–Crippen MR) is 70.0 cm³/mol. The van der Waals surface area contributed by atoms with Crippen LogP contribution in [0.15, 0.2) is 0 Å². The van der Waals surface area contributed by atoms with Gasteiger partial charge in [-0.15, -0.1) is 0 Å². The van der Waals surface area contributed by atoms with Gasteiger partial charge >= 0.3 is 14.5 Å². The second-order valence-electron chi connectivity index (χ2n) is 5.92. The van der Waals surface area contributed by atoms with Crippen molar-refractivity contribution in [1.82, 2.24) is 0 Å². The van der Waals surface area contributed by atoms with Gasteiger partial charge in [0, 0.05) is 0 Å². The van der Waals surface area contributed by atoms with Gasteiger partial charge in [-0.25, -0.2) is 4.79 Å². The van der Waals surface area contributed by atoms with E-state index in [1.54, 1.807) is 0 Å². The van der Waals surface area contributed by atoms with Crippen molar-refractivity contribution in [2.24, 2.45) is 5.92 Å². The number of rotatable bonds is 5. The third-order valence-corrected chi connectivity index (χ3v) is 3.93. The summed E-state index contributed by atoms with van der Waals surface area (Å²) >= 11 is 0. The minimum Gasteiger partial charge on any atom is -0.467 e. The van der Waals surface area contributed by atoms with Crippen LogP contribution in [-0.2, 0) is 18.4 Å². The first-order valence-corrected chi connectivity index (χ1v) is 8.76. The first-order valence-electron chi connectivity index (χ1n) is 5.94. The number of hydrogen-bond acceptors (Lipinski definition) is 4. The molecule has 17 heavy (non-hydrogen) atoms. The lowest BCUT2D eigenvalue weighted by Gasteiger charge is -2.34. The molecule has 0 heterocycles. The first kappa shape index (κ1) is 16.6. The van der Waals surface area contributed by atoms with Crippen LogP contribution in [0.25, 0.3) is 0 Å². The van der Waals surface area contributed by atoms with Gasteiger partial charge in [-0.1, -0.05) is 13.8 Å². The van der Waals surface area contributed by atoms with Crippen LogP contribution in [0.5, 0.6) is 0 Å². The average molecular weight is 262 g/mol. The van der Waals surface area contributed by atoms with Gasteiger partial charge < -0.3 is 13.6 Å². The van der Waals surface area contributed by atoms with Crippen molar-refractivity contribution < 1.29 is 18.4 Å². The topological polar surface area (TPSA) is 44.8 Å². The Morgan fingerprint density at radius 2 is 1.65 bits per heavy atom. The Labute approximate surface area is 106 Å². The molecule has 4 nitrogen and oxygen atoms in total. The second kappa shape index (κ2) is 5.98. The van der Waals surface area contributed by atoms with Gasteiger partial charge in [0.15, 0.2) is 0 Å². The SMILES string of the molecule is COC(=O)C(O[Si](C)(C)OC(C)(C)C)C(C)C. The summed E-state index contributed by atoms with van der Waals surface area (Å²) in [5.41, 5.74) is -0.270. The molecular formula is C12H26O4Si. The molecular weight excluding hydrogens is 236 g/mol. The van der Waals surface area contributed by atoms with Crippen LogP contribution in [0.4, 0.5) is 0 Å². The molecule has 0 amide bonds. The molecule has 1 unspecified atom stereocenters. The number of methoxy groups -OCH3 is 1. The van der Waals surface area contributed by atoms with Gasteiger partial charge in [-0.05, 0) is 39.8 Å². The second-order valence-corrected chi connectivity index (χ2v) is 9.16. The maximum absolute atomic E-state index is 11.6. The molecule has 102 valence electrons. The largest absolute Gasteiger partial charge is 0.467 e. The van der Waals surface area contributed by atoms with E-state index in [-0.39, 0.29) is 17.5 Å². The number of esters is 1. The molecule has 0 aromatic rings. The molecule has 0 aliphatic carbocycles. The fourth-order valence-electron chi connectivity index (χ4n) is 1.64. The highest BCUT2D eigenvalue weighted by molar-refractivity contribution is 6.64. The third-order valence-electron chi connectivity index (χ3n) is 2.00. The van der Waals surface area contributed by atoms with E-state index in [2.05, 4.69) is 0 Å². The summed E-state index contributed by atoms with van der Waals surface area (Å²) in [5, 5.41) is 0. The molecule has 0 fully saturated rings. The molecule has 0 N–H and O–H groups in total. The van der Waals surface area contributed by atoms with Crippen LogP contribution in [-0.4, -0.2) is 33.3 Å². The van der Waals surface area contributed by atoms with Crippen molar-refractivity contribution in [2.45, 2.75) is 59.4 Å². The lowest BCUT2D eigenvalue weighted by Crippen LogP contribution is -2.48. The Morgan fingerprint density at radius 3 is 1.94 bits per heavy atom. The van der Waals surface area contributed by atoms with Crippen molar-refractivity contribution in [1.29, 1.82) is 0 Å². The highest BCUT2D eigenvalue weighted by Crippen LogP contribution is 2.22. The van der Waals surface area contributed by atoms with Gasteiger partial charge in [-0.2, -0.15) is 0 Å². The third kappa shape index (κ3) is 6.80. The summed E-state index contributed by atoms with van der Waals surface area (Å²) in [5.74, 6) is -0.268. The van der Waals surface area contributed by atoms with Crippen LogP contribution in [0.1, 0.15) is 34.6 Å². The Kier molecular flexibility index (Phi) is 5.84. The van der Waals surface area contributed by atoms with Crippen molar-refractivity contribution in [2.75, 3.05) is 7.11 Å². The highest BCUT2D eigenvalue weighted by atomic mass is 28.4. The van der Waals surface area contributed by atoms with E-state index < -0.39 is 14.7 Å². The number of hydrogen-bond donors (Lipinski definition) is 0. The zero-order chi connectivity index (χ0) is 13.9. The first-order chi connectivity index (χ1) is 7.48. The van der Waals surface area contributed by atoms with Crippen LogP contribution in [0, 0.1) is 5.92 Å². The number of carbonyl (C=O) groups excluding carboxylic acids is 1. The minimum absolute atomic E-state index is 0.0674. The molecule has 0 aliphatic heterocycles. The summed E-state index contributed by atoms with van der Waals surface area (Å²) in [6.45, 7) is 13.7. The normalized spacial score (nSPS) is 14.9. The molecule has 0 aliphatic rings. The Morgan fingerprint density at radius 1 is 1.18 bits per heavy atom. The van der Waals surface area contributed by atoms with Gasteiger partial charge in [0.25, 0.3) is 0 Å². The zero-order valence-electron chi connectivity index (χ0n) is 12.3. The molecule has 0 saturated carbocycles. The summed E-state index contributed by atoms with van der Waals surface area (Å²) in [4.78, 5) is 11.6. The van der Waals surface area contributed by atoms with Crippen molar-refractivity contribution >= 4 is 14.5 Å². The smallest absolute Gasteiger partial charge is 0.334 e. The highest BCUT2D eigenvalue weighted by Gasteiger charge is 2.37. The Balaban J connectivity index is 4.69. The van der Waals surface area contributed by atoms with Crippen molar-refractivity contribution in [3.05, 3.63) is 0 Å². The molecule has 0 saturated heterocycles. The Hall–Kier alpha value is -0.393. The van der Waals surface area contributed by atoms with E-state index in [4.69, 9.17) is 13.6 Å². The van der Waals surface area contributed by atoms with Crippen molar-refractivity contribution in [3.63, 3.8) is 0 Å². The van der Waals surface area contributed by atoms with Gasteiger partial charge in [0.05, 0.1) is 12.7 Å². The predicted octanol–water partition coefficient (Wildman–Crippen LogP) is 2.72. The van der Waals surface area contributed by atoms with E-state index >= 15 is 0 Å². The summed E-state index contributed by atoms with van der Waals surface area (Å²) in [6, 6.07) is 0. The summed E-state index contributed by atoms with van der Waals surface area (Å²) < 4.78 is 16.5. The monoisotopic (exact) mass is 262 g/mol. The van der Waals surface area contributed by atoms with Crippen LogP contribution >= 0.6 is 0 Å². The molecule has 0 rings (SSSR count). The van der Waals surface area contributed by atoms with E-state index in [1.807, 2.05) is 47.7 Å². The molecule has 0 bridgehead atoms. The van der Waals surface area contributed by atoms with Crippen LogP contribution < -0.4 is 0 Å². The maximum atomic E-state index is 11.6. The molecule has 1 atom stereocenters. The fourth-order valence-corrected chi connectivity index (χ4v) is 4.14. The quantitative estimate of drug-likeness (QED) is 0.564. The van der Waals surface area contributed by atoms with Gasteiger partial charge in [0.2, 0.25) is 0 Å². The fraction of sp³-hybridized carbons (Fsp3) is 0.917. The summed E-state index contributed by atoms with van der Waals surface area (Å²) in [6.07, 6.45) is -0.552. The number of ether oxygens (including phenoxy) is 1. The Bertz CT molecular complexity index is 256. The van der Waals surface area contributed by atoms with E-state index in [0.29, 0.717) is 0 Å². The van der Waals surface area contributed by atoms with E-state index in [1.165, 1.54) is 7.11 Å². The molecule has 5 heteroatoms. The van der Waals surface area contributed by atoms with Crippen LogP contribution in [0.3, 0.4) is 0 Å². The van der Waals surface area contributed by atoms with Crippen LogP contribution in [0.2, 0.25) is 13.1 Å². The maximum Gasteiger partial charge on any atom is 0.334 e. The molecule has 0 aromatic carbocycles. The van der Waals surface area contributed by atoms with Gasteiger partial charge in [-0.3, -0.25) is 0 Å². The van der Waals surface area contributed by atoms with E-state index in [0.717, 1.165) is 0 Å². The lowest BCUT2D eigenvalue weighted by molar-refractivity contribution is -0.152. The van der Waals surface area contributed by atoms with Gasteiger partial charge in [0.1, 0.15) is 6.10 Å². The lowest BCUT2D eigenvalue weighted by atomic mass is 10.1. The molecule has 0 radical (unpaired) electrons. The van der Waals surface area contributed by atoms with Crippen molar-refractivity contribution in [3.8, 4) is 0 Å². The molecule has 0 aromatic heterocycles. The standard InChI is InChI=1S/C12H26O4Si/c1-9(2)10(11(13)14-6)15-17(7,8)16-12(3,4)5/h9-10H,1-8H3. The minimum atomic E-state index is -2.34. The average Bonchev–Trinajstić information content (AvgIpc) is 2.08.